The number of hydrogen-bond acceptors (Lipinski definition) is 3. The predicted molar refractivity (Wildman–Crippen MR) is 91.1 cm³/mol. The molecule has 0 radical (unpaired) electrons. The van der Waals surface area contributed by atoms with E-state index in [-0.39, 0.29) is 0 Å². The van der Waals surface area contributed by atoms with Crippen molar-refractivity contribution in [3.8, 4) is 0 Å². The fraction of sp³-hybridized carbons (Fsp3) is 0.833. The van der Waals surface area contributed by atoms with Gasteiger partial charge in [0.1, 0.15) is 0 Å². The van der Waals surface area contributed by atoms with Gasteiger partial charge in [-0.2, -0.15) is 0 Å². The van der Waals surface area contributed by atoms with Crippen LogP contribution in [0.5, 0.6) is 0 Å². The van der Waals surface area contributed by atoms with Crippen LogP contribution in [0.2, 0.25) is 0 Å². The molecule has 0 aromatic carbocycles. The maximum absolute atomic E-state index is 5.12. The Morgan fingerprint density at radius 3 is 2.43 bits per heavy atom. The first kappa shape index (κ1) is 15.5. The summed E-state index contributed by atoms with van der Waals surface area (Å²) in [4.78, 5) is 6.66. The van der Waals surface area contributed by atoms with Crippen molar-refractivity contribution in [2.24, 2.45) is 5.41 Å². The van der Waals surface area contributed by atoms with E-state index in [0.29, 0.717) is 11.5 Å². The van der Waals surface area contributed by atoms with Gasteiger partial charge in [0.15, 0.2) is 0 Å². The van der Waals surface area contributed by atoms with Crippen LogP contribution in [-0.4, -0.2) is 12.0 Å². The molecule has 3 heteroatoms. The van der Waals surface area contributed by atoms with E-state index in [1.54, 1.807) is 0 Å². The molecule has 2 aliphatic rings. The Kier molecular flexibility index (Phi) is 4.70. The molecule has 0 amide bonds. The van der Waals surface area contributed by atoms with Gasteiger partial charge in [0.25, 0.3) is 0 Å². The molecule has 1 fully saturated rings. The number of aromatic nitrogens is 1. The lowest BCUT2D eigenvalue weighted by Crippen LogP contribution is -2.30. The number of rotatable bonds is 2. The first-order valence-corrected chi connectivity index (χ1v) is 9.57. The summed E-state index contributed by atoms with van der Waals surface area (Å²) in [7, 11) is 2.10. The molecular formula is C18H30N2S. The topological polar surface area (TPSA) is 24.9 Å². The summed E-state index contributed by atoms with van der Waals surface area (Å²) < 4.78 is 0. The summed E-state index contributed by atoms with van der Waals surface area (Å²) in [5, 5.41) is 4.97. The Labute approximate surface area is 133 Å². The second-order valence-electron chi connectivity index (χ2n) is 7.79. The van der Waals surface area contributed by atoms with Crippen LogP contribution in [0.15, 0.2) is 0 Å². The minimum atomic E-state index is 0.382. The van der Waals surface area contributed by atoms with Crippen LogP contribution in [0.4, 0.5) is 0 Å². The Morgan fingerprint density at radius 2 is 1.76 bits per heavy atom. The number of fused-ring (bicyclic) bond motifs is 1. The Bertz CT molecular complexity index is 470. The number of nitrogens with zero attached hydrogens (tertiary/aromatic N) is 1. The highest BCUT2D eigenvalue weighted by Gasteiger charge is 2.35. The maximum Gasteiger partial charge on any atom is 0.0962 e. The normalized spacial score (nSPS) is 26.9. The molecule has 3 rings (SSSR count). The highest BCUT2D eigenvalue weighted by molar-refractivity contribution is 7.12. The van der Waals surface area contributed by atoms with Crippen molar-refractivity contribution in [3.05, 3.63) is 15.6 Å². The maximum atomic E-state index is 5.12. The number of thiazole rings is 1. The molecule has 0 aliphatic heterocycles. The van der Waals surface area contributed by atoms with Crippen LogP contribution in [0, 0.1) is 5.41 Å². The minimum absolute atomic E-state index is 0.382. The second-order valence-corrected chi connectivity index (χ2v) is 8.85. The number of nitrogens with one attached hydrogen (secondary N) is 1. The molecule has 0 bridgehead atoms. The van der Waals surface area contributed by atoms with E-state index in [1.165, 1.54) is 66.9 Å². The van der Waals surface area contributed by atoms with Gasteiger partial charge in [0, 0.05) is 16.8 Å². The molecule has 1 heterocycles. The van der Waals surface area contributed by atoms with Crippen molar-refractivity contribution in [3.63, 3.8) is 0 Å². The van der Waals surface area contributed by atoms with Crippen LogP contribution < -0.4 is 5.32 Å². The SMILES string of the molecule is CNC1CC(C)(C)Cc2nc(C3CCCCCCC3)sc21. The lowest BCUT2D eigenvalue weighted by Gasteiger charge is -2.34. The summed E-state index contributed by atoms with van der Waals surface area (Å²) in [6, 6.07) is 0.517. The van der Waals surface area contributed by atoms with Gasteiger partial charge in [0.2, 0.25) is 0 Å². The van der Waals surface area contributed by atoms with E-state index in [0.717, 1.165) is 12.3 Å². The van der Waals surface area contributed by atoms with Gasteiger partial charge in [-0.05, 0) is 38.1 Å². The molecule has 1 atom stereocenters. The lowest BCUT2D eigenvalue weighted by atomic mass is 9.76. The van der Waals surface area contributed by atoms with Crippen molar-refractivity contribution < 1.29 is 0 Å². The average molecular weight is 307 g/mol. The zero-order chi connectivity index (χ0) is 14.9. The highest BCUT2D eigenvalue weighted by Crippen LogP contribution is 2.45. The van der Waals surface area contributed by atoms with Crippen LogP contribution >= 0.6 is 11.3 Å². The molecule has 0 saturated heterocycles. The van der Waals surface area contributed by atoms with Gasteiger partial charge >= 0.3 is 0 Å². The first-order chi connectivity index (χ1) is 10.1. The zero-order valence-electron chi connectivity index (χ0n) is 13.9. The molecule has 1 unspecified atom stereocenters. The molecule has 2 nitrogen and oxygen atoms in total. The quantitative estimate of drug-likeness (QED) is 0.812. The van der Waals surface area contributed by atoms with Gasteiger partial charge < -0.3 is 5.32 Å². The van der Waals surface area contributed by atoms with E-state index >= 15 is 0 Å². The Balaban J connectivity index is 1.83. The molecule has 0 spiro atoms. The van der Waals surface area contributed by atoms with E-state index in [9.17, 15) is 0 Å². The lowest BCUT2D eigenvalue weighted by molar-refractivity contribution is 0.265. The third-order valence-corrected chi connectivity index (χ3v) is 6.64. The van der Waals surface area contributed by atoms with Crippen molar-refractivity contribution in [1.29, 1.82) is 0 Å². The van der Waals surface area contributed by atoms with E-state index in [2.05, 4.69) is 26.2 Å². The summed E-state index contributed by atoms with van der Waals surface area (Å²) in [5.74, 6) is 0.738. The predicted octanol–water partition coefficient (Wildman–Crippen LogP) is 5.20. The molecule has 1 aromatic rings. The zero-order valence-corrected chi connectivity index (χ0v) is 14.7. The largest absolute Gasteiger partial charge is 0.312 e. The third-order valence-electron chi connectivity index (χ3n) is 5.27. The van der Waals surface area contributed by atoms with Crippen LogP contribution in [0.3, 0.4) is 0 Å². The summed E-state index contributed by atoms with van der Waals surface area (Å²) in [6.45, 7) is 4.77. The molecule has 21 heavy (non-hydrogen) atoms. The van der Waals surface area contributed by atoms with Crippen molar-refractivity contribution in [2.45, 2.75) is 83.6 Å². The van der Waals surface area contributed by atoms with Gasteiger partial charge in [-0.25, -0.2) is 4.98 Å². The smallest absolute Gasteiger partial charge is 0.0962 e. The van der Waals surface area contributed by atoms with Crippen molar-refractivity contribution in [1.82, 2.24) is 10.3 Å². The number of hydrogen-bond donors (Lipinski definition) is 1. The van der Waals surface area contributed by atoms with Gasteiger partial charge in [-0.1, -0.05) is 46.0 Å². The van der Waals surface area contributed by atoms with Crippen LogP contribution in [-0.2, 0) is 6.42 Å². The van der Waals surface area contributed by atoms with Gasteiger partial charge in [-0.3, -0.25) is 0 Å². The average Bonchev–Trinajstić information content (AvgIpc) is 2.79. The van der Waals surface area contributed by atoms with Crippen molar-refractivity contribution >= 4 is 11.3 Å². The monoisotopic (exact) mass is 306 g/mol. The second kappa shape index (κ2) is 6.37. The molecule has 1 saturated carbocycles. The summed E-state index contributed by atoms with van der Waals surface area (Å²) in [6.07, 6.45) is 12.2. The van der Waals surface area contributed by atoms with Gasteiger partial charge in [-0.15, -0.1) is 11.3 Å². The molecule has 1 aromatic heterocycles. The molecular weight excluding hydrogens is 276 g/mol. The Morgan fingerprint density at radius 1 is 1.10 bits per heavy atom. The summed E-state index contributed by atoms with van der Waals surface area (Å²) in [5.41, 5.74) is 1.78. The van der Waals surface area contributed by atoms with Crippen molar-refractivity contribution in [2.75, 3.05) is 7.05 Å². The van der Waals surface area contributed by atoms with E-state index < -0.39 is 0 Å². The molecule has 118 valence electrons. The fourth-order valence-electron chi connectivity index (χ4n) is 4.06. The Hall–Kier alpha value is -0.410. The van der Waals surface area contributed by atoms with Crippen LogP contribution in [0.1, 0.15) is 92.8 Å². The van der Waals surface area contributed by atoms with E-state index in [1.807, 2.05) is 11.3 Å². The first-order valence-electron chi connectivity index (χ1n) is 8.76. The third kappa shape index (κ3) is 3.50. The van der Waals surface area contributed by atoms with Crippen LogP contribution in [0.25, 0.3) is 0 Å². The van der Waals surface area contributed by atoms with Gasteiger partial charge in [0.05, 0.1) is 10.7 Å². The molecule has 1 N–H and O–H groups in total. The van der Waals surface area contributed by atoms with E-state index in [4.69, 9.17) is 4.98 Å². The standard InChI is InChI=1S/C18H30N2S/c1-18(2)11-14(19-3)16-15(12-18)20-17(21-16)13-9-7-5-4-6-8-10-13/h13-14,19H,4-12H2,1-3H3. The molecule has 2 aliphatic carbocycles. The fourth-order valence-corrected chi connectivity index (χ4v) is 5.43. The summed E-state index contributed by atoms with van der Waals surface area (Å²) >= 11 is 2.02. The highest BCUT2D eigenvalue weighted by atomic mass is 32.1. The minimum Gasteiger partial charge on any atom is -0.312 e.